The second-order valence-electron chi connectivity index (χ2n) is 4.35. The number of hydrogen-bond donors (Lipinski definition) is 0. The topological polar surface area (TPSA) is 3.24 Å². The lowest BCUT2D eigenvalue weighted by molar-refractivity contribution is 0.207. The fourth-order valence-electron chi connectivity index (χ4n) is 2.13. The predicted molar refractivity (Wildman–Crippen MR) is 62.4 cm³/mol. The molecule has 1 saturated carbocycles. The summed E-state index contributed by atoms with van der Waals surface area (Å²) in [5.74, 6) is 1.85. The molecule has 12 heavy (non-hydrogen) atoms. The Morgan fingerprint density at radius 2 is 2.00 bits per heavy atom. The Morgan fingerprint density at radius 1 is 1.33 bits per heavy atom. The molecule has 0 spiro atoms. The van der Waals surface area contributed by atoms with Gasteiger partial charge < -0.3 is 0 Å². The monoisotopic (exact) mass is 281 g/mol. The van der Waals surface area contributed by atoms with Crippen molar-refractivity contribution in [3.8, 4) is 0 Å². The van der Waals surface area contributed by atoms with E-state index in [-0.39, 0.29) is 0 Å². The SMILES string of the molecule is CC(C)C1CCCC(N(C)I)C1. The first-order valence-corrected chi connectivity index (χ1v) is 5.96. The Kier molecular flexibility index (Phi) is 4.30. The highest BCUT2D eigenvalue weighted by atomic mass is 127. The number of hydrogen-bond acceptors (Lipinski definition) is 1. The van der Waals surface area contributed by atoms with Gasteiger partial charge in [-0.15, -0.1) is 0 Å². The van der Waals surface area contributed by atoms with Crippen molar-refractivity contribution in [1.29, 1.82) is 0 Å². The van der Waals surface area contributed by atoms with E-state index in [1.165, 1.54) is 25.7 Å². The lowest BCUT2D eigenvalue weighted by Gasteiger charge is -2.34. The quantitative estimate of drug-likeness (QED) is 0.553. The Hall–Kier alpha value is 0.690. The molecular weight excluding hydrogens is 261 g/mol. The molecule has 1 fully saturated rings. The molecule has 0 amide bonds. The molecule has 2 heteroatoms. The van der Waals surface area contributed by atoms with Crippen LogP contribution in [0.4, 0.5) is 0 Å². The van der Waals surface area contributed by atoms with Crippen LogP contribution in [0.25, 0.3) is 0 Å². The standard InChI is InChI=1S/C10H20IN/c1-8(2)9-5-4-6-10(7-9)12(3)11/h8-10H,4-7H2,1-3H3. The zero-order valence-corrected chi connectivity index (χ0v) is 10.5. The second kappa shape index (κ2) is 4.80. The molecule has 0 aromatic carbocycles. The van der Waals surface area contributed by atoms with Gasteiger partial charge in [0.15, 0.2) is 0 Å². The van der Waals surface area contributed by atoms with Gasteiger partial charge in [-0.2, -0.15) is 0 Å². The molecule has 0 aliphatic heterocycles. The van der Waals surface area contributed by atoms with Crippen LogP contribution in [0.15, 0.2) is 0 Å². The maximum atomic E-state index is 2.43. The molecule has 2 atom stereocenters. The van der Waals surface area contributed by atoms with E-state index in [4.69, 9.17) is 0 Å². The van der Waals surface area contributed by atoms with E-state index < -0.39 is 0 Å². The van der Waals surface area contributed by atoms with Crippen molar-refractivity contribution >= 4 is 22.9 Å². The van der Waals surface area contributed by atoms with Crippen LogP contribution < -0.4 is 0 Å². The smallest absolute Gasteiger partial charge is 0.0201 e. The van der Waals surface area contributed by atoms with Crippen molar-refractivity contribution in [2.45, 2.75) is 45.6 Å². The van der Waals surface area contributed by atoms with Crippen molar-refractivity contribution in [3.63, 3.8) is 0 Å². The maximum absolute atomic E-state index is 2.43. The van der Waals surface area contributed by atoms with Crippen molar-refractivity contribution in [1.82, 2.24) is 3.11 Å². The molecule has 0 heterocycles. The first kappa shape index (κ1) is 10.8. The molecule has 2 unspecified atom stereocenters. The molecule has 72 valence electrons. The van der Waals surface area contributed by atoms with Crippen molar-refractivity contribution in [2.75, 3.05) is 7.05 Å². The van der Waals surface area contributed by atoms with Crippen molar-refractivity contribution in [2.24, 2.45) is 11.8 Å². The molecule has 0 radical (unpaired) electrons. The second-order valence-corrected chi connectivity index (χ2v) is 5.87. The van der Waals surface area contributed by atoms with E-state index in [0.717, 1.165) is 17.9 Å². The highest BCUT2D eigenvalue weighted by Crippen LogP contribution is 2.32. The van der Waals surface area contributed by atoms with Crippen molar-refractivity contribution < 1.29 is 0 Å². The van der Waals surface area contributed by atoms with E-state index in [9.17, 15) is 0 Å². The van der Waals surface area contributed by atoms with Crippen LogP contribution in [0.3, 0.4) is 0 Å². The van der Waals surface area contributed by atoms with Crippen LogP contribution >= 0.6 is 22.9 Å². The van der Waals surface area contributed by atoms with Crippen LogP contribution in [-0.4, -0.2) is 16.2 Å². The summed E-state index contributed by atoms with van der Waals surface area (Å²) in [5, 5.41) is 0. The third-order valence-electron chi connectivity index (χ3n) is 3.13. The summed E-state index contributed by atoms with van der Waals surface area (Å²) in [7, 11) is 2.20. The normalized spacial score (nSPS) is 31.5. The third kappa shape index (κ3) is 2.87. The number of nitrogens with zero attached hydrogens (tertiary/aromatic N) is 1. The first-order chi connectivity index (χ1) is 5.61. The van der Waals surface area contributed by atoms with Crippen LogP contribution in [0.2, 0.25) is 0 Å². The van der Waals surface area contributed by atoms with E-state index in [1.807, 2.05) is 0 Å². The summed E-state index contributed by atoms with van der Waals surface area (Å²) in [6, 6.07) is 0.840. The van der Waals surface area contributed by atoms with Gasteiger partial charge >= 0.3 is 0 Å². The molecule has 1 rings (SSSR count). The lowest BCUT2D eigenvalue weighted by atomic mass is 9.79. The van der Waals surface area contributed by atoms with Crippen molar-refractivity contribution in [3.05, 3.63) is 0 Å². The van der Waals surface area contributed by atoms with Crippen LogP contribution in [0.1, 0.15) is 39.5 Å². The Bertz CT molecular complexity index is 120. The highest BCUT2D eigenvalue weighted by molar-refractivity contribution is 14.1. The molecule has 1 aliphatic rings. The molecule has 1 nitrogen and oxygen atoms in total. The summed E-state index contributed by atoms with van der Waals surface area (Å²) in [5.41, 5.74) is 0. The minimum atomic E-state index is 0.840. The zero-order chi connectivity index (χ0) is 9.14. The molecular formula is C10H20IN. The van der Waals surface area contributed by atoms with Crippen LogP contribution in [-0.2, 0) is 0 Å². The Labute approximate surface area is 90.4 Å². The molecule has 0 aromatic rings. The summed E-state index contributed by atoms with van der Waals surface area (Å²) in [6.07, 6.45) is 5.71. The van der Waals surface area contributed by atoms with Gasteiger partial charge in [-0.1, -0.05) is 26.7 Å². The summed E-state index contributed by atoms with van der Waals surface area (Å²) >= 11 is 2.43. The number of halogens is 1. The van der Waals surface area contributed by atoms with Gasteiger partial charge in [0.25, 0.3) is 0 Å². The Balaban J connectivity index is 2.40. The largest absolute Gasteiger partial charge is 0.248 e. The molecule has 0 saturated heterocycles. The van der Waals surface area contributed by atoms with Gasteiger partial charge in [-0.3, -0.25) is 0 Å². The molecule has 1 aliphatic carbocycles. The van der Waals surface area contributed by atoms with E-state index in [0.29, 0.717) is 0 Å². The maximum Gasteiger partial charge on any atom is 0.0201 e. The average Bonchev–Trinajstić information content (AvgIpc) is 2.04. The summed E-state index contributed by atoms with van der Waals surface area (Å²) in [6.45, 7) is 4.72. The van der Waals surface area contributed by atoms with Gasteiger partial charge in [0.05, 0.1) is 0 Å². The zero-order valence-electron chi connectivity index (χ0n) is 8.39. The predicted octanol–water partition coefficient (Wildman–Crippen LogP) is 3.48. The van der Waals surface area contributed by atoms with Gasteiger partial charge in [0, 0.05) is 28.9 Å². The minimum Gasteiger partial charge on any atom is -0.248 e. The minimum absolute atomic E-state index is 0.840. The highest BCUT2D eigenvalue weighted by Gasteiger charge is 2.25. The first-order valence-electron chi connectivity index (χ1n) is 5.00. The van der Waals surface area contributed by atoms with Crippen LogP contribution in [0.5, 0.6) is 0 Å². The average molecular weight is 281 g/mol. The van der Waals surface area contributed by atoms with Crippen LogP contribution in [0, 0.1) is 11.8 Å². The summed E-state index contributed by atoms with van der Waals surface area (Å²) < 4.78 is 2.37. The Morgan fingerprint density at radius 3 is 2.50 bits per heavy atom. The fourth-order valence-corrected chi connectivity index (χ4v) is 2.64. The molecule has 0 N–H and O–H groups in total. The fraction of sp³-hybridized carbons (Fsp3) is 1.00. The molecule has 0 bridgehead atoms. The third-order valence-corrected chi connectivity index (χ3v) is 3.92. The van der Waals surface area contributed by atoms with E-state index in [1.54, 1.807) is 0 Å². The van der Waals surface area contributed by atoms with Gasteiger partial charge in [0.2, 0.25) is 0 Å². The number of rotatable bonds is 2. The van der Waals surface area contributed by atoms with Gasteiger partial charge in [-0.05, 0) is 31.7 Å². The summed E-state index contributed by atoms with van der Waals surface area (Å²) in [4.78, 5) is 0. The van der Waals surface area contributed by atoms with Gasteiger partial charge in [-0.25, -0.2) is 3.11 Å². The van der Waals surface area contributed by atoms with E-state index >= 15 is 0 Å². The molecule has 0 aromatic heterocycles. The lowest BCUT2D eigenvalue weighted by Crippen LogP contribution is -2.31. The van der Waals surface area contributed by atoms with E-state index in [2.05, 4.69) is 46.9 Å². The van der Waals surface area contributed by atoms with Gasteiger partial charge in [0.1, 0.15) is 0 Å².